The lowest BCUT2D eigenvalue weighted by molar-refractivity contribution is -0.915. The van der Waals surface area contributed by atoms with E-state index in [9.17, 15) is 9.18 Å². The van der Waals surface area contributed by atoms with Crippen LogP contribution in [-0.2, 0) is 11.3 Å². The van der Waals surface area contributed by atoms with Crippen molar-refractivity contribution in [2.45, 2.75) is 19.5 Å². The first-order valence-corrected chi connectivity index (χ1v) is 9.73. The molecule has 0 saturated heterocycles. The number of ether oxygens (including phenoxy) is 1. The highest BCUT2D eigenvalue weighted by atomic mass is 19.1. The third-order valence-electron chi connectivity index (χ3n) is 4.70. The van der Waals surface area contributed by atoms with Gasteiger partial charge in [-0.15, -0.1) is 0 Å². The molecular weight excluding hydrogens is 367 g/mol. The van der Waals surface area contributed by atoms with Gasteiger partial charge in [-0.25, -0.2) is 4.39 Å². The maximum absolute atomic E-state index is 13.6. The number of benzene rings is 3. The second-order valence-corrected chi connectivity index (χ2v) is 6.92. The molecule has 3 rings (SSSR count). The molecule has 0 aliphatic rings. The Bertz CT molecular complexity index is 946. The van der Waals surface area contributed by atoms with Crippen molar-refractivity contribution in [2.75, 3.05) is 19.0 Å². The summed E-state index contributed by atoms with van der Waals surface area (Å²) >= 11 is 0. The molecule has 2 N–H and O–H groups in total. The normalized spacial score (nSPS) is 12.8. The molecule has 150 valence electrons. The molecule has 1 amide bonds. The number of anilines is 1. The largest absolute Gasteiger partial charge is 0.492 e. The van der Waals surface area contributed by atoms with Crippen molar-refractivity contribution in [2.24, 2.45) is 0 Å². The number of rotatable bonds is 8. The van der Waals surface area contributed by atoms with Gasteiger partial charge in [0.15, 0.2) is 6.04 Å². The summed E-state index contributed by atoms with van der Waals surface area (Å²) in [7, 11) is 1.94. The zero-order chi connectivity index (χ0) is 20.6. The van der Waals surface area contributed by atoms with Crippen molar-refractivity contribution in [1.82, 2.24) is 0 Å². The number of likely N-dealkylation sites (N-methyl/N-ethyl adjacent to an activating group) is 1. The highest BCUT2D eigenvalue weighted by Gasteiger charge is 2.29. The fourth-order valence-electron chi connectivity index (χ4n) is 3.43. The number of amides is 1. The Morgan fingerprint density at radius 2 is 1.76 bits per heavy atom. The van der Waals surface area contributed by atoms with E-state index in [1.165, 1.54) is 12.1 Å². The van der Waals surface area contributed by atoms with E-state index in [2.05, 4.69) is 5.32 Å². The van der Waals surface area contributed by atoms with Crippen LogP contribution in [0.2, 0.25) is 0 Å². The Kier molecular flexibility index (Phi) is 6.98. The second kappa shape index (κ2) is 9.85. The first kappa shape index (κ1) is 20.6. The molecular formula is C24H26FN2O2+. The van der Waals surface area contributed by atoms with Gasteiger partial charge in [0.2, 0.25) is 0 Å². The maximum Gasteiger partial charge on any atom is 0.287 e. The molecule has 0 saturated carbocycles. The van der Waals surface area contributed by atoms with Crippen LogP contribution in [0.15, 0.2) is 78.9 Å². The Labute approximate surface area is 170 Å². The number of hydrogen-bond donors (Lipinski definition) is 2. The van der Waals surface area contributed by atoms with Crippen LogP contribution in [0.1, 0.15) is 24.1 Å². The van der Waals surface area contributed by atoms with E-state index >= 15 is 0 Å². The smallest absolute Gasteiger partial charge is 0.287 e. The van der Waals surface area contributed by atoms with Crippen molar-refractivity contribution in [3.8, 4) is 5.75 Å². The fraction of sp³-hybridized carbons (Fsp3) is 0.208. The summed E-state index contributed by atoms with van der Waals surface area (Å²) in [5, 5.41) is 3.01. The van der Waals surface area contributed by atoms with E-state index in [1.54, 1.807) is 6.07 Å². The van der Waals surface area contributed by atoms with Crippen molar-refractivity contribution in [1.29, 1.82) is 0 Å². The van der Waals surface area contributed by atoms with Crippen LogP contribution in [0.3, 0.4) is 0 Å². The Balaban J connectivity index is 1.86. The lowest BCUT2D eigenvalue weighted by Gasteiger charge is -2.25. The molecule has 3 aromatic carbocycles. The minimum atomic E-state index is -0.464. The number of halogens is 1. The van der Waals surface area contributed by atoms with Crippen molar-refractivity contribution in [3.63, 3.8) is 0 Å². The third kappa shape index (κ3) is 5.42. The molecule has 2 atom stereocenters. The Hall–Kier alpha value is -3.18. The standard InChI is InChI=1S/C24H25FN2O2/c1-3-29-22-15-8-7-14-21(22)26-24(28)23(19-11-5-4-6-12-19)27(2)17-18-10-9-13-20(25)16-18/h4-16,23H,3,17H2,1-2H3,(H,26,28)/p+1/t23-/m1/s1. The molecule has 1 unspecified atom stereocenters. The van der Waals surface area contributed by atoms with Gasteiger partial charge in [0, 0.05) is 11.1 Å². The van der Waals surface area contributed by atoms with Gasteiger partial charge >= 0.3 is 0 Å². The van der Waals surface area contributed by atoms with Crippen LogP contribution in [0, 0.1) is 5.82 Å². The van der Waals surface area contributed by atoms with E-state index in [0.29, 0.717) is 24.6 Å². The Morgan fingerprint density at radius 1 is 1.03 bits per heavy atom. The SMILES string of the molecule is CCOc1ccccc1NC(=O)[C@@H](c1ccccc1)[NH+](C)Cc1cccc(F)c1. The summed E-state index contributed by atoms with van der Waals surface area (Å²) in [6, 6.07) is 23.0. The fourth-order valence-corrected chi connectivity index (χ4v) is 3.43. The summed E-state index contributed by atoms with van der Waals surface area (Å²) in [5.41, 5.74) is 2.37. The van der Waals surface area contributed by atoms with Gasteiger partial charge in [-0.2, -0.15) is 0 Å². The average Bonchev–Trinajstić information content (AvgIpc) is 2.70. The summed E-state index contributed by atoms with van der Waals surface area (Å²) in [5.74, 6) is 0.219. The molecule has 0 aliphatic heterocycles. The molecule has 0 spiro atoms. The maximum atomic E-state index is 13.6. The van der Waals surface area contributed by atoms with Crippen molar-refractivity contribution >= 4 is 11.6 Å². The molecule has 5 heteroatoms. The molecule has 4 nitrogen and oxygen atoms in total. The molecule has 0 aromatic heterocycles. The number of carbonyl (C=O) groups excluding carboxylic acids is 1. The van der Waals surface area contributed by atoms with Crippen LogP contribution >= 0.6 is 0 Å². The molecule has 0 bridgehead atoms. The van der Waals surface area contributed by atoms with Crippen LogP contribution in [-0.4, -0.2) is 19.6 Å². The van der Waals surface area contributed by atoms with Gasteiger partial charge in [0.25, 0.3) is 5.91 Å². The van der Waals surface area contributed by atoms with E-state index in [1.807, 2.05) is 74.6 Å². The highest BCUT2D eigenvalue weighted by Crippen LogP contribution is 2.25. The van der Waals surface area contributed by atoms with Crippen LogP contribution in [0.5, 0.6) is 5.75 Å². The summed E-state index contributed by atoms with van der Waals surface area (Å²) in [6.07, 6.45) is 0. The van der Waals surface area contributed by atoms with Gasteiger partial charge < -0.3 is 15.0 Å². The molecule has 0 aliphatic carbocycles. The molecule has 0 radical (unpaired) electrons. The van der Waals surface area contributed by atoms with Gasteiger partial charge in [0.05, 0.1) is 19.3 Å². The summed E-state index contributed by atoms with van der Waals surface area (Å²) < 4.78 is 19.2. The first-order chi connectivity index (χ1) is 14.1. The summed E-state index contributed by atoms with van der Waals surface area (Å²) in [6.45, 7) is 2.93. The molecule has 3 aromatic rings. The van der Waals surface area contributed by atoms with Crippen LogP contribution in [0.4, 0.5) is 10.1 Å². The minimum absolute atomic E-state index is 0.141. The Morgan fingerprint density at radius 3 is 2.48 bits per heavy atom. The van der Waals surface area contributed by atoms with Crippen molar-refractivity contribution < 1.29 is 18.8 Å². The number of nitrogens with one attached hydrogen (secondary N) is 2. The molecule has 0 fully saturated rings. The highest BCUT2D eigenvalue weighted by molar-refractivity contribution is 5.95. The predicted molar refractivity (Wildman–Crippen MR) is 112 cm³/mol. The predicted octanol–water partition coefficient (Wildman–Crippen LogP) is 3.62. The van der Waals surface area contributed by atoms with Crippen LogP contribution in [0.25, 0.3) is 0 Å². The van der Waals surface area contributed by atoms with Crippen molar-refractivity contribution in [3.05, 3.63) is 95.8 Å². The molecule has 29 heavy (non-hydrogen) atoms. The quantitative estimate of drug-likeness (QED) is 0.614. The minimum Gasteiger partial charge on any atom is -0.492 e. The zero-order valence-corrected chi connectivity index (χ0v) is 16.7. The third-order valence-corrected chi connectivity index (χ3v) is 4.70. The van der Waals surface area contributed by atoms with Gasteiger partial charge in [-0.05, 0) is 31.2 Å². The zero-order valence-electron chi connectivity index (χ0n) is 16.7. The number of hydrogen-bond acceptors (Lipinski definition) is 2. The first-order valence-electron chi connectivity index (χ1n) is 9.73. The van der Waals surface area contributed by atoms with Gasteiger partial charge in [-0.1, -0.05) is 54.6 Å². The monoisotopic (exact) mass is 393 g/mol. The lowest BCUT2D eigenvalue weighted by atomic mass is 10.0. The second-order valence-electron chi connectivity index (χ2n) is 6.92. The van der Waals surface area contributed by atoms with E-state index < -0.39 is 6.04 Å². The average molecular weight is 393 g/mol. The van der Waals surface area contributed by atoms with Crippen LogP contribution < -0.4 is 15.0 Å². The summed E-state index contributed by atoms with van der Waals surface area (Å²) in [4.78, 5) is 14.2. The number of carbonyl (C=O) groups is 1. The lowest BCUT2D eigenvalue weighted by Crippen LogP contribution is -3.09. The topological polar surface area (TPSA) is 42.8 Å². The van der Waals surface area contributed by atoms with E-state index in [0.717, 1.165) is 16.0 Å². The van der Waals surface area contributed by atoms with Gasteiger partial charge in [-0.3, -0.25) is 4.79 Å². The van der Waals surface area contributed by atoms with Gasteiger partial charge in [0.1, 0.15) is 18.1 Å². The van der Waals surface area contributed by atoms with E-state index in [-0.39, 0.29) is 11.7 Å². The number of quaternary nitrogens is 1. The van der Waals surface area contributed by atoms with E-state index in [4.69, 9.17) is 4.74 Å². The number of para-hydroxylation sites is 2. The molecule has 0 heterocycles.